The minimum atomic E-state index is -3.56. The summed E-state index contributed by atoms with van der Waals surface area (Å²) < 4.78 is 27.7. The number of benzene rings is 1. The average molecular weight is 364 g/mol. The smallest absolute Gasteiger partial charge is 0.243 e. The fourth-order valence-electron chi connectivity index (χ4n) is 3.13. The molecule has 24 heavy (non-hydrogen) atoms. The normalized spacial score (nSPS) is 18.2. The van der Waals surface area contributed by atoms with E-state index >= 15 is 0 Å². The molecule has 0 aliphatic carbocycles. The van der Waals surface area contributed by atoms with Crippen molar-refractivity contribution in [1.82, 2.24) is 4.31 Å². The molecule has 0 unspecified atom stereocenters. The third kappa shape index (κ3) is 3.11. The van der Waals surface area contributed by atoms with Gasteiger partial charge in [0.25, 0.3) is 0 Å². The van der Waals surface area contributed by atoms with Crippen molar-refractivity contribution in [3.05, 3.63) is 46.2 Å². The van der Waals surface area contributed by atoms with Crippen LogP contribution >= 0.6 is 11.3 Å². The zero-order chi connectivity index (χ0) is 17.3. The maximum absolute atomic E-state index is 13.1. The van der Waals surface area contributed by atoms with Gasteiger partial charge in [-0.05, 0) is 54.1 Å². The van der Waals surface area contributed by atoms with E-state index < -0.39 is 10.0 Å². The number of sulfonamides is 1. The molecule has 0 radical (unpaired) electrons. The number of nitrogens with one attached hydrogen (secondary N) is 1. The van der Waals surface area contributed by atoms with Crippen molar-refractivity contribution in [1.29, 1.82) is 0 Å². The number of thiophene rings is 1. The molecule has 0 bridgehead atoms. The van der Waals surface area contributed by atoms with Crippen LogP contribution in [0, 0.1) is 0 Å². The second-order valence-corrected chi connectivity index (χ2v) is 8.69. The van der Waals surface area contributed by atoms with Crippen molar-refractivity contribution in [3.63, 3.8) is 0 Å². The number of hydrogen-bond donors (Lipinski definition) is 1. The largest absolute Gasteiger partial charge is 0.326 e. The van der Waals surface area contributed by atoms with Crippen LogP contribution in [-0.4, -0.2) is 25.2 Å². The van der Waals surface area contributed by atoms with Gasteiger partial charge < -0.3 is 5.32 Å². The fraction of sp³-hybridized carbons (Fsp3) is 0.353. The van der Waals surface area contributed by atoms with Gasteiger partial charge in [0.05, 0.1) is 10.9 Å². The monoisotopic (exact) mass is 364 g/mol. The third-order valence-electron chi connectivity index (χ3n) is 4.21. The summed E-state index contributed by atoms with van der Waals surface area (Å²) in [4.78, 5) is 12.6. The Kier molecular flexibility index (Phi) is 4.76. The molecule has 1 N–H and O–H groups in total. The molecule has 0 fully saturated rings. The number of anilines is 1. The van der Waals surface area contributed by atoms with Gasteiger partial charge in [-0.1, -0.05) is 6.92 Å². The molecule has 3 rings (SSSR count). The summed E-state index contributed by atoms with van der Waals surface area (Å²) in [6, 6.07) is 8.27. The van der Waals surface area contributed by atoms with E-state index in [1.54, 1.807) is 39.9 Å². The van der Waals surface area contributed by atoms with E-state index in [9.17, 15) is 13.2 Å². The number of hydrogen-bond acceptors (Lipinski definition) is 4. The Balaban J connectivity index is 1.91. The van der Waals surface area contributed by atoms with Crippen LogP contribution in [0.1, 0.15) is 36.8 Å². The van der Waals surface area contributed by atoms with E-state index in [0.717, 1.165) is 18.4 Å². The molecule has 1 atom stereocenters. The first-order valence-electron chi connectivity index (χ1n) is 7.89. The van der Waals surface area contributed by atoms with Crippen LogP contribution in [0.25, 0.3) is 0 Å². The highest BCUT2D eigenvalue weighted by atomic mass is 32.2. The number of fused-ring (bicyclic) bond motifs is 1. The van der Waals surface area contributed by atoms with E-state index in [4.69, 9.17) is 0 Å². The van der Waals surface area contributed by atoms with Crippen LogP contribution in [0.3, 0.4) is 0 Å². The van der Waals surface area contributed by atoms with Crippen molar-refractivity contribution in [2.45, 2.75) is 37.6 Å². The van der Waals surface area contributed by atoms with Crippen LogP contribution in [0.5, 0.6) is 0 Å². The Bertz CT molecular complexity index is 841. The lowest BCUT2D eigenvalue weighted by molar-refractivity contribution is -0.114. The van der Waals surface area contributed by atoms with Crippen molar-refractivity contribution in [2.24, 2.45) is 0 Å². The van der Waals surface area contributed by atoms with E-state index in [0.29, 0.717) is 12.2 Å². The molecule has 1 amide bonds. The van der Waals surface area contributed by atoms with Crippen LogP contribution < -0.4 is 5.32 Å². The average Bonchev–Trinajstić information content (AvgIpc) is 3.02. The summed E-state index contributed by atoms with van der Waals surface area (Å²) >= 11 is 1.70. The first-order valence-corrected chi connectivity index (χ1v) is 10.2. The quantitative estimate of drug-likeness (QED) is 0.904. The van der Waals surface area contributed by atoms with Gasteiger partial charge in [0.1, 0.15) is 0 Å². The lowest BCUT2D eigenvalue weighted by Crippen LogP contribution is -2.39. The number of carbonyl (C=O) groups excluding carboxylic acids is 1. The molecular weight excluding hydrogens is 344 g/mol. The maximum Gasteiger partial charge on any atom is 0.243 e. The molecule has 1 aliphatic rings. The predicted octanol–water partition coefficient (Wildman–Crippen LogP) is 3.40. The van der Waals surface area contributed by atoms with Crippen molar-refractivity contribution in [2.75, 3.05) is 11.9 Å². The Morgan fingerprint density at radius 1 is 1.29 bits per heavy atom. The van der Waals surface area contributed by atoms with Gasteiger partial charge in [-0.15, -0.1) is 11.3 Å². The molecule has 0 saturated heterocycles. The third-order valence-corrected chi connectivity index (χ3v) is 7.13. The van der Waals surface area contributed by atoms with Crippen molar-refractivity contribution >= 4 is 33.0 Å². The molecule has 0 saturated carbocycles. The number of amides is 1. The molecule has 5 nitrogen and oxygen atoms in total. The van der Waals surface area contributed by atoms with Gasteiger partial charge in [-0.25, -0.2) is 8.42 Å². The van der Waals surface area contributed by atoms with Gasteiger partial charge in [0.15, 0.2) is 0 Å². The van der Waals surface area contributed by atoms with E-state index in [2.05, 4.69) is 5.32 Å². The van der Waals surface area contributed by atoms with Gasteiger partial charge in [0, 0.05) is 24.0 Å². The first kappa shape index (κ1) is 17.1. The summed E-state index contributed by atoms with van der Waals surface area (Å²) in [7, 11) is -3.56. The van der Waals surface area contributed by atoms with Crippen molar-refractivity contribution < 1.29 is 13.2 Å². The van der Waals surface area contributed by atoms with Gasteiger partial charge >= 0.3 is 0 Å². The minimum absolute atomic E-state index is 0.111. The topological polar surface area (TPSA) is 66.5 Å². The molecule has 128 valence electrons. The highest BCUT2D eigenvalue weighted by Crippen LogP contribution is 2.38. The Morgan fingerprint density at radius 3 is 2.62 bits per heavy atom. The van der Waals surface area contributed by atoms with Crippen molar-refractivity contribution in [3.8, 4) is 0 Å². The van der Waals surface area contributed by atoms with Crippen LogP contribution in [0.4, 0.5) is 5.69 Å². The molecular formula is C17H20N2O3S2. The van der Waals surface area contributed by atoms with E-state index in [-0.39, 0.29) is 16.8 Å². The second-order valence-electron chi connectivity index (χ2n) is 5.79. The summed E-state index contributed by atoms with van der Waals surface area (Å²) in [5.41, 5.74) is 1.72. The number of rotatable bonds is 4. The second kappa shape index (κ2) is 6.66. The van der Waals surface area contributed by atoms with Crippen LogP contribution in [0.15, 0.2) is 40.6 Å². The molecule has 1 aromatic carbocycles. The Labute approximate surface area is 146 Å². The van der Waals surface area contributed by atoms with E-state index in [1.807, 2.05) is 18.4 Å². The molecule has 0 spiro atoms. The summed E-state index contributed by atoms with van der Waals surface area (Å²) in [5, 5.41) is 4.68. The molecule has 2 aromatic rings. The van der Waals surface area contributed by atoms with Crippen LogP contribution in [-0.2, 0) is 21.2 Å². The first-order chi connectivity index (χ1) is 11.4. The Morgan fingerprint density at radius 2 is 2.00 bits per heavy atom. The van der Waals surface area contributed by atoms with E-state index in [1.165, 1.54) is 11.8 Å². The summed E-state index contributed by atoms with van der Waals surface area (Å²) in [6.07, 6.45) is 1.50. The molecule has 2 heterocycles. The highest BCUT2D eigenvalue weighted by molar-refractivity contribution is 7.89. The lowest BCUT2D eigenvalue weighted by Gasteiger charge is -2.34. The standard InChI is InChI=1S/C17H20N2O3S2/c1-3-16-15-9-11-23-17(15)8-10-19(16)24(21,22)14-6-4-13(5-7-14)18-12(2)20/h4-7,9,11,16H,3,8,10H2,1-2H3,(H,18,20)/t16-/m1/s1. The summed E-state index contributed by atoms with van der Waals surface area (Å²) in [6.45, 7) is 3.93. The van der Waals surface area contributed by atoms with Crippen LogP contribution in [0.2, 0.25) is 0 Å². The minimum Gasteiger partial charge on any atom is -0.326 e. The molecule has 1 aromatic heterocycles. The predicted molar refractivity (Wildman–Crippen MR) is 95.7 cm³/mol. The molecule has 7 heteroatoms. The highest BCUT2D eigenvalue weighted by Gasteiger charge is 2.35. The van der Waals surface area contributed by atoms with Gasteiger partial charge in [-0.3, -0.25) is 4.79 Å². The molecule has 1 aliphatic heterocycles. The maximum atomic E-state index is 13.1. The Hall–Kier alpha value is -1.70. The zero-order valence-electron chi connectivity index (χ0n) is 13.7. The fourth-order valence-corrected chi connectivity index (χ4v) is 5.74. The lowest BCUT2D eigenvalue weighted by atomic mass is 10.0. The zero-order valence-corrected chi connectivity index (χ0v) is 15.3. The summed E-state index contributed by atoms with van der Waals surface area (Å²) in [5.74, 6) is -0.183. The van der Waals surface area contributed by atoms with Gasteiger partial charge in [-0.2, -0.15) is 4.31 Å². The van der Waals surface area contributed by atoms with Gasteiger partial charge in [0.2, 0.25) is 15.9 Å². The number of carbonyl (C=O) groups is 1. The number of nitrogens with zero attached hydrogens (tertiary/aromatic N) is 1. The SMILES string of the molecule is CC[C@@H]1c2ccsc2CCN1S(=O)(=O)c1ccc(NC(C)=O)cc1.